The summed E-state index contributed by atoms with van der Waals surface area (Å²) >= 11 is 0. The van der Waals surface area contributed by atoms with Crippen molar-refractivity contribution in [2.75, 3.05) is 18.0 Å². The first-order chi connectivity index (χ1) is 11.2. The van der Waals surface area contributed by atoms with Gasteiger partial charge in [-0.25, -0.2) is 4.98 Å². The molecule has 0 aliphatic carbocycles. The summed E-state index contributed by atoms with van der Waals surface area (Å²) in [6.07, 6.45) is 4.11. The van der Waals surface area contributed by atoms with Crippen molar-refractivity contribution < 1.29 is 4.52 Å². The fourth-order valence-corrected chi connectivity index (χ4v) is 3.13. The third kappa shape index (κ3) is 2.69. The van der Waals surface area contributed by atoms with Gasteiger partial charge >= 0.3 is 0 Å². The second kappa shape index (κ2) is 5.68. The summed E-state index contributed by atoms with van der Waals surface area (Å²) < 4.78 is 5.49. The van der Waals surface area contributed by atoms with Gasteiger partial charge in [-0.3, -0.25) is 0 Å². The molecule has 0 saturated carbocycles. The molecule has 0 amide bonds. The predicted molar refractivity (Wildman–Crippen MR) is 88.7 cm³/mol. The van der Waals surface area contributed by atoms with Crippen LogP contribution >= 0.6 is 0 Å². The van der Waals surface area contributed by atoms with Crippen LogP contribution in [0.25, 0.3) is 11.0 Å². The van der Waals surface area contributed by atoms with Gasteiger partial charge in [0.1, 0.15) is 11.5 Å². The Labute approximate surface area is 134 Å². The van der Waals surface area contributed by atoms with Crippen molar-refractivity contribution in [2.24, 2.45) is 0 Å². The molecule has 1 fully saturated rings. The summed E-state index contributed by atoms with van der Waals surface area (Å²) in [7, 11) is 0. The van der Waals surface area contributed by atoms with E-state index in [2.05, 4.69) is 46.0 Å². The Morgan fingerprint density at radius 3 is 3.00 bits per heavy atom. The minimum Gasteiger partial charge on any atom is -0.356 e. The summed E-state index contributed by atoms with van der Waals surface area (Å²) in [5.41, 5.74) is 0.935. The number of fused-ring (bicyclic) bond motifs is 1. The van der Waals surface area contributed by atoms with E-state index in [0.29, 0.717) is 5.92 Å². The molecular formula is C17H21N5O. The zero-order chi connectivity index (χ0) is 15.8. The number of nitrogens with zero attached hydrogens (tertiary/aromatic N) is 4. The Kier molecular flexibility index (Phi) is 3.52. The monoisotopic (exact) mass is 311 g/mol. The van der Waals surface area contributed by atoms with Crippen LogP contribution in [0.2, 0.25) is 0 Å². The summed E-state index contributed by atoms with van der Waals surface area (Å²) in [4.78, 5) is 14.8. The molecule has 1 atom stereocenters. The minimum atomic E-state index is 0.282. The molecule has 0 unspecified atom stereocenters. The maximum Gasteiger partial charge on any atom is 0.231 e. The molecule has 1 saturated heterocycles. The van der Waals surface area contributed by atoms with Gasteiger partial charge in [0.25, 0.3) is 0 Å². The Hall–Kier alpha value is -2.37. The average Bonchev–Trinajstić information content (AvgIpc) is 3.23. The molecule has 23 heavy (non-hydrogen) atoms. The molecule has 4 rings (SSSR count). The number of hydrogen-bond donors (Lipinski definition) is 1. The lowest BCUT2D eigenvalue weighted by molar-refractivity contribution is 0.329. The molecule has 0 aromatic carbocycles. The van der Waals surface area contributed by atoms with Crippen molar-refractivity contribution in [1.82, 2.24) is 20.1 Å². The largest absolute Gasteiger partial charge is 0.356 e. The third-order valence-corrected chi connectivity index (χ3v) is 4.46. The molecule has 3 aromatic rings. The molecule has 6 nitrogen and oxygen atoms in total. The topological polar surface area (TPSA) is 70.8 Å². The van der Waals surface area contributed by atoms with Crippen molar-refractivity contribution in [2.45, 2.75) is 38.5 Å². The predicted octanol–water partition coefficient (Wildman–Crippen LogP) is 3.45. The molecule has 0 spiro atoms. The van der Waals surface area contributed by atoms with Crippen molar-refractivity contribution in [3.05, 3.63) is 36.1 Å². The van der Waals surface area contributed by atoms with Gasteiger partial charge < -0.3 is 14.4 Å². The molecular weight excluding hydrogens is 290 g/mol. The highest BCUT2D eigenvalue weighted by Crippen LogP contribution is 2.29. The van der Waals surface area contributed by atoms with Crippen LogP contribution in [0.3, 0.4) is 0 Å². The van der Waals surface area contributed by atoms with Crippen LogP contribution in [0, 0.1) is 0 Å². The number of H-pyrrole nitrogens is 1. The number of piperidine rings is 1. The Balaban J connectivity index is 1.55. The highest BCUT2D eigenvalue weighted by Gasteiger charge is 2.27. The quantitative estimate of drug-likeness (QED) is 0.802. The fourth-order valence-electron chi connectivity index (χ4n) is 3.13. The zero-order valence-corrected chi connectivity index (χ0v) is 13.5. The van der Waals surface area contributed by atoms with Crippen LogP contribution in [0.1, 0.15) is 50.2 Å². The smallest absolute Gasteiger partial charge is 0.231 e. The molecule has 120 valence electrons. The highest BCUT2D eigenvalue weighted by molar-refractivity contribution is 5.77. The minimum absolute atomic E-state index is 0.282. The second-order valence-corrected chi connectivity index (χ2v) is 6.52. The van der Waals surface area contributed by atoms with Gasteiger partial charge in [-0.1, -0.05) is 19.0 Å². The van der Waals surface area contributed by atoms with Crippen molar-refractivity contribution in [1.29, 1.82) is 0 Å². The second-order valence-electron chi connectivity index (χ2n) is 6.52. The maximum atomic E-state index is 5.49. The molecule has 6 heteroatoms. The fraction of sp³-hybridized carbons (Fsp3) is 0.471. The van der Waals surface area contributed by atoms with E-state index >= 15 is 0 Å². The lowest BCUT2D eigenvalue weighted by atomic mass is 9.98. The number of nitrogens with one attached hydrogen (secondary N) is 1. The van der Waals surface area contributed by atoms with Crippen LogP contribution in [0.5, 0.6) is 0 Å². The lowest BCUT2D eigenvalue weighted by Crippen LogP contribution is -2.35. The third-order valence-electron chi connectivity index (χ3n) is 4.46. The Morgan fingerprint density at radius 1 is 1.26 bits per heavy atom. The van der Waals surface area contributed by atoms with Crippen LogP contribution in [0.4, 0.5) is 5.82 Å². The van der Waals surface area contributed by atoms with Crippen molar-refractivity contribution in [3.8, 4) is 0 Å². The standard InChI is InChI=1S/C17H21N5O/c1-11(2)15-20-17(23-21-15)13-4-3-9-22(10-13)14-6-5-12-7-8-18-16(12)19-14/h5-8,11,13H,3-4,9-10H2,1-2H3,(H,18,19)/t13-/m1/s1. The van der Waals surface area contributed by atoms with E-state index in [-0.39, 0.29) is 5.92 Å². The zero-order valence-electron chi connectivity index (χ0n) is 13.5. The molecule has 3 aromatic heterocycles. The number of rotatable bonds is 3. The highest BCUT2D eigenvalue weighted by atomic mass is 16.5. The molecule has 4 heterocycles. The van der Waals surface area contributed by atoms with Gasteiger partial charge in [0, 0.05) is 30.6 Å². The first-order valence-electron chi connectivity index (χ1n) is 8.23. The van der Waals surface area contributed by atoms with Crippen LogP contribution in [0.15, 0.2) is 28.9 Å². The van der Waals surface area contributed by atoms with E-state index in [4.69, 9.17) is 9.51 Å². The number of pyridine rings is 1. The first kappa shape index (κ1) is 14.2. The number of hydrogen-bond acceptors (Lipinski definition) is 5. The van der Waals surface area contributed by atoms with Gasteiger partial charge in [-0.15, -0.1) is 0 Å². The number of aromatic nitrogens is 4. The van der Waals surface area contributed by atoms with E-state index in [1.165, 1.54) is 0 Å². The van der Waals surface area contributed by atoms with E-state index in [1.807, 2.05) is 12.3 Å². The van der Waals surface area contributed by atoms with E-state index in [0.717, 1.165) is 54.5 Å². The molecule has 1 aliphatic heterocycles. The molecule has 0 bridgehead atoms. The van der Waals surface area contributed by atoms with Crippen LogP contribution in [-0.4, -0.2) is 33.2 Å². The summed E-state index contributed by atoms with van der Waals surface area (Å²) in [5, 5.41) is 5.24. The molecule has 0 radical (unpaired) electrons. The first-order valence-corrected chi connectivity index (χ1v) is 8.23. The average molecular weight is 311 g/mol. The maximum absolute atomic E-state index is 5.49. The van der Waals surface area contributed by atoms with Gasteiger partial charge in [-0.2, -0.15) is 4.98 Å². The molecule has 1 N–H and O–H groups in total. The van der Waals surface area contributed by atoms with E-state index in [1.54, 1.807) is 0 Å². The Morgan fingerprint density at radius 2 is 2.17 bits per heavy atom. The molecule has 1 aliphatic rings. The normalized spacial score (nSPS) is 18.9. The lowest BCUT2D eigenvalue weighted by Gasteiger charge is -2.31. The van der Waals surface area contributed by atoms with Gasteiger partial charge in [0.15, 0.2) is 5.82 Å². The van der Waals surface area contributed by atoms with E-state index < -0.39 is 0 Å². The summed E-state index contributed by atoms with van der Waals surface area (Å²) in [5.74, 6) is 3.14. The number of aromatic amines is 1. The van der Waals surface area contributed by atoms with E-state index in [9.17, 15) is 0 Å². The number of anilines is 1. The van der Waals surface area contributed by atoms with Gasteiger partial charge in [0.2, 0.25) is 5.89 Å². The Bertz CT molecular complexity index is 806. The van der Waals surface area contributed by atoms with Crippen molar-refractivity contribution in [3.63, 3.8) is 0 Å². The summed E-state index contributed by atoms with van der Waals surface area (Å²) in [6.45, 7) is 6.05. The summed E-state index contributed by atoms with van der Waals surface area (Å²) in [6, 6.07) is 6.24. The van der Waals surface area contributed by atoms with Crippen LogP contribution in [-0.2, 0) is 0 Å². The van der Waals surface area contributed by atoms with Gasteiger partial charge in [0.05, 0.1) is 5.92 Å². The SMILES string of the molecule is CC(C)c1noc([C@@H]2CCCN(c3ccc4cc[nH]c4n3)C2)n1. The van der Waals surface area contributed by atoms with Crippen molar-refractivity contribution >= 4 is 16.9 Å². The van der Waals surface area contributed by atoms with Gasteiger partial charge in [-0.05, 0) is 31.0 Å². The van der Waals surface area contributed by atoms with Crippen LogP contribution < -0.4 is 4.90 Å².